The van der Waals surface area contributed by atoms with Crippen LogP contribution in [0.4, 0.5) is 0 Å². The fraction of sp³-hybridized carbons (Fsp3) is 0.524. The first-order valence-corrected chi connectivity index (χ1v) is 9.54. The van der Waals surface area contributed by atoms with Gasteiger partial charge in [-0.25, -0.2) is 0 Å². The quantitative estimate of drug-likeness (QED) is 0.750. The van der Waals surface area contributed by atoms with Gasteiger partial charge in [0.15, 0.2) is 5.43 Å². The van der Waals surface area contributed by atoms with E-state index in [0.29, 0.717) is 37.7 Å². The molecule has 2 aromatic rings. The number of rotatable bonds is 5. The van der Waals surface area contributed by atoms with Crippen LogP contribution in [-0.4, -0.2) is 45.3 Å². The van der Waals surface area contributed by atoms with Crippen molar-refractivity contribution in [2.24, 2.45) is 5.41 Å². The summed E-state index contributed by atoms with van der Waals surface area (Å²) in [6, 6.07) is 5.53. The first kappa shape index (κ1) is 19.6. The number of aromatic amines is 1. The SMILES string of the molecule is CCC[C@@]1(C(=O)O)CN(Cc2cc(=O)c3cc(C)cc(C)c3[nH]2)CC[C@H]1O. The smallest absolute Gasteiger partial charge is 0.313 e. The lowest BCUT2D eigenvalue weighted by Crippen LogP contribution is -2.55. The Labute approximate surface area is 158 Å². The lowest BCUT2D eigenvalue weighted by molar-refractivity contribution is -0.164. The summed E-state index contributed by atoms with van der Waals surface area (Å²) in [6.45, 7) is 7.23. The van der Waals surface area contributed by atoms with E-state index in [4.69, 9.17) is 0 Å². The second kappa shape index (κ2) is 7.44. The van der Waals surface area contributed by atoms with Crippen LogP contribution in [0.5, 0.6) is 0 Å². The molecule has 1 aromatic heterocycles. The molecular weight excluding hydrogens is 344 g/mol. The maximum absolute atomic E-state index is 12.6. The summed E-state index contributed by atoms with van der Waals surface area (Å²) in [6.07, 6.45) is 0.712. The van der Waals surface area contributed by atoms with Crippen molar-refractivity contribution in [1.29, 1.82) is 0 Å². The van der Waals surface area contributed by atoms with Gasteiger partial charge in [0, 0.05) is 36.8 Å². The van der Waals surface area contributed by atoms with Crippen molar-refractivity contribution >= 4 is 16.9 Å². The molecule has 0 saturated carbocycles. The Morgan fingerprint density at radius 2 is 2.07 bits per heavy atom. The molecule has 1 aliphatic heterocycles. The van der Waals surface area contributed by atoms with Gasteiger partial charge >= 0.3 is 5.97 Å². The van der Waals surface area contributed by atoms with E-state index in [1.54, 1.807) is 6.07 Å². The van der Waals surface area contributed by atoms with Crippen molar-refractivity contribution in [3.63, 3.8) is 0 Å². The first-order valence-electron chi connectivity index (χ1n) is 9.54. The average molecular weight is 372 g/mol. The van der Waals surface area contributed by atoms with Gasteiger partial charge in [-0.2, -0.15) is 0 Å². The molecule has 6 nitrogen and oxygen atoms in total. The number of hydrogen-bond acceptors (Lipinski definition) is 4. The lowest BCUT2D eigenvalue weighted by Gasteiger charge is -2.43. The summed E-state index contributed by atoms with van der Waals surface area (Å²) in [5.41, 5.74) is 2.50. The zero-order valence-corrected chi connectivity index (χ0v) is 16.2. The van der Waals surface area contributed by atoms with E-state index in [2.05, 4.69) is 4.98 Å². The third kappa shape index (κ3) is 3.64. The number of nitrogens with one attached hydrogen (secondary N) is 1. The van der Waals surface area contributed by atoms with E-state index in [-0.39, 0.29) is 12.0 Å². The van der Waals surface area contributed by atoms with Crippen LogP contribution in [0.3, 0.4) is 0 Å². The molecule has 1 aromatic carbocycles. The highest BCUT2D eigenvalue weighted by molar-refractivity contribution is 5.82. The van der Waals surface area contributed by atoms with Crippen LogP contribution in [-0.2, 0) is 11.3 Å². The van der Waals surface area contributed by atoms with Crippen LogP contribution < -0.4 is 5.43 Å². The molecule has 6 heteroatoms. The zero-order valence-electron chi connectivity index (χ0n) is 16.2. The van der Waals surface area contributed by atoms with Crippen LogP contribution in [0.2, 0.25) is 0 Å². The van der Waals surface area contributed by atoms with Gasteiger partial charge in [-0.05, 0) is 43.9 Å². The van der Waals surface area contributed by atoms with Crippen molar-refractivity contribution in [3.05, 3.63) is 45.2 Å². The minimum Gasteiger partial charge on any atom is -0.481 e. The maximum Gasteiger partial charge on any atom is 0.313 e. The Hall–Kier alpha value is -2.18. The molecule has 1 fully saturated rings. The van der Waals surface area contributed by atoms with Crippen LogP contribution in [0.15, 0.2) is 23.0 Å². The van der Waals surface area contributed by atoms with E-state index < -0.39 is 17.5 Å². The van der Waals surface area contributed by atoms with Crippen molar-refractivity contribution in [2.75, 3.05) is 13.1 Å². The number of aliphatic hydroxyl groups excluding tert-OH is 1. The minimum atomic E-state index is -1.14. The fourth-order valence-corrected chi connectivity index (χ4v) is 4.39. The van der Waals surface area contributed by atoms with E-state index in [1.807, 2.05) is 37.8 Å². The number of benzene rings is 1. The molecule has 0 bridgehead atoms. The fourth-order valence-electron chi connectivity index (χ4n) is 4.39. The number of likely N-dealkylation sites (tertiary alicyclic amines) is 1. The van der Waals surface area contributed by atoms with Crippen LogP contribution in [0.1, 0.15) is 43.0 Å². The molecule has 27 heavy (non-hydrogen) atoms. The molecule has 1 aliphatic rings. The molecule has 146 valence electrons. The topological polar surface area (TPSA) is 93.6 Å². The number of aryl methyl sites for hydroxylation is 2. The summed E-state index contributed by atoms with van der Waals surface area (Å²) >= 11 is 0. The number of aliphatic carboxylic acids is 1. The Morgan fingerprint density at radius 3 is 2.74 bits per heavy atom. The summed E-state index contributed by atoms with van der Waals surface area (Å²) in [5.74, 6) is -0.945. The largest absolute Gasteiger partial charge is 0.481 e. The molecule has 3 N–H and O–H groups in total. The second-order valence-electron chi connectivity index (χ2n) is 7.89. The van der Waals surface area contributed by atoms with Crippen molar-refractivity contribution < 1.29 is 15.0 Å². The van der Waals surface area contributed by atoms with Crippen LogP contribution >= 0.6 is 0 Å². The Bertz CT molecular complexity index is 920. The Kier molecular flexibility index (Phi) is 5.40. The van der Waals surface area contributed by atoms with Gasteiger partial charge in [0.05, 0.1) is 11.6 Å². The average Bonchev–Trinajstić information content (AvgIpc) is 2.59. The van der Waals surface area contributed by atoms with Gasteiger partial charge < -0.3 is 15.2 Å². The van der Waals surface area contributed by atoms with E-state index >= 15 is 0 Å². The number of hydrogen-bond donors (Lipinski definition) is 3. The Balaban J connectivity index is 1.91. The summed E-state index contributed by atoms with van der Waals surface area (Å²) in [7, 11) is 0. The molecule has 0 aliphatic carbocycles. The summed E-state index contributed by atoms with van der Waals surface area (Å²) < 4.78 is 0. The van der Waals surface area contributed by atoms with Gasteiger partial charge in [-0.3, -0.25) is 14.5 Å². The number of pyridine rings is 1. The number of carbonyl (C=O) groups is 1. The molecule has 2 atom stereocenters. The number of H-pyrrole nitrogens is 1. The third-order valence-corrected chi connectivity index (χ3v) is 5.71. The standard InChI is InChI=1S/C21H28N2O4/c1-4-6-21(20(26)27)12-23(7-5-18(21)25)11-15-10-17(24)16-9-13(2)8-14(3)19(16)22-15/h8-10,18,25H,4-7,11-12H2,1-3H3,(H,22,24)(H,26,27)/t18-,21-/m1/s1. The number of aliphatic hydroxyl groups is 1. The van der Waals surface area contributed by atoms with Gasteiger partial charge in [-0.15, -0.1) is 0 Å². The monoisotopic (exact) mass is 372 g/mol. The van der Waals surface area contributed by atoms with Gasteiger partial charge in [0.2, 0.25) is 0 Å². The van der Waals surface area contributed by atoms with Gasteiger partial charge in [0.25, 0.3) is 0 Å². The molecule has 3 rings (SSSR count). The molecule has 0 amide bonds. The number of fused-ring (bicyclic) bond motifs is 1. The normalized spacial score (nSPS) is 23.6. The highest BCUT2D eigenvalue weighted by Gasteiger charge is 2.48. The molecular formula is C21H28N2O4. The molecule has 2 heterocycles. The number of aromatic nitrogens is 1. The van der Waals surface area contributed by atoms with Crippen LogP contribution in [0.25, 0.3) is 10.9 Å². The molecule has 1 saturated heterocycles. The first-order chi connectivity index (χ1) is 12.8. The van der Waals surface area contributed by atoms with E-state index in [9.17, 15) is 19.8 Å². The summed E-state index contributed by atoms with van der Waals surface area (Å²) in [4.78, 5) is 29.9. The predicted octanol–water partition coefficient (Wildman–Crippen LogP) is 2.58. The van der Waals surface area contributed by atoms with E-state index in [0.717, 1.165) is 22.3 Å². The van der Waals surface area contributed by atoms with Crippen molar-refractivity contribution in [1.82, 2.24) is 9.88 Å². The minimum absolute atomic E-state index is 0.0272. The van der Waals surface area contributed by atoms with E-state index in [1.165, 1.54) is 0 Å². The highest BCUT2D eigenvalue weighted by Crippen LogP contribution is 2.36. The van der Waals surface area contributed by atoms with Crippen LogP contribution in [0, 0.1) is 19.3 Å². The van der Waals surface area contributed by atoms with Gasteiger partial charge in [-0.1, -0.05) is 19.4 Å². The second-order valence-corrected chi connectivity index (χ2v) is 7.89. The zero-order chi connectivity index (χ0) is 19.8. The number of nitrogens with zero attached hydrogens (tertiary/aromatic N) is 1. The molecule has 0 spiro atoms. The number of carboxylic acids is 1. The Morgan fingerprint density at radius 1 is 1.33 bits per heavy atom. The number of carboxylic acid groups (broad SMARTS) is 1. The maximum atomic E-state index is 12.6. The molecule has 0 radical (unpaired) electrons. The van der Waals surface area contributed by atoms with Crippen molar-refractivity contribution in [2.45, 2.75) is 52.7 Å². The summed E-state index contributed by atoms with van der Waals surface area (Å²) in [5, 5.41) is 20.8. The number of piperidine rings is 1. The van der Waals surface area contributed by atoms with Crippen molar-refractivity contribution in [3.8, 4) is 0 Å². The highest BCUT2D eigenvalue weighted by atomic mass is 16.4. The lowest BCUT2D eigenvalue weighted by atomic mass is 9.74. The van der Waals surface area contributed by atoms with Gasteiger partial charge in [0.1, 0.15) is 5.41 Å². The predicted molar refractivity (Wildman–Crippen MR) is 105 cm³/mol. The third-order valence-electron chi connectivity index (χ3n) is 5.71. The molecule has 0 unspecified atom stereocenters.